The summed E-state index contributed by atoms with van der Waals surface area (Å²) in [5.74, 6) is 0.267. The molecule has 0 spiro atoms. The van der Waals surface area contributed by atoms with E-state index in [1.54, 1.807) is 19.1 Å². The molecule has 0 bridgehead atoms. The van der Waals surface area contributed by atoms with Crippen LogP contribution in [0, 0.1) is 17.1 Å². The summed E-state index contributed by atoms with van der Waals surface area (Å²) in [5, 5.41) is 8.77. The molecular formula is C12H15FN2O. The van der Waals surface area contributed by atoms with Crippen LogP contribution in [0.3, 0.4) is 0 Å². The van der Waals surface area contributed by atoms with Crippen molar-refractivity contribution in [3.05, 3.63) is 30.1 Å². The van der Waals surface area contributed by atoms with E-state index in [1.165, 1.54) is 12.1 Å². The van der Waals surface area contributed by atoms with Gasteiger partial charge in [-0.25, -0.2) is 4.39 Å². The second-order valence-corrected chi connectivity index (χ2v) is 4.12. The highest BCUT2D eigenvalue weighted by molar-refractivity contribution is 5.22. The lowest BCUT2D eigenvalue weighted by molar-refractivity contribution is 0.191. The first-order valence-electron chi connectivity index (χ1n) is 5.05. The van der Waals surface area contributed by atoms with Gasteiger partial charge in [0, 0.05) is 6.42 Å². The average Bonchev–Trinajstić information content (AvgIpc) is 2.21. The number of hydrogen-bond acceptors (Lipinski definition) is 3. The van der Waals surface area contributed by atoms with Gasteiger partial charge in [-0.3, -0.25) is 0 Å². The smallest absolute Gasteiger partial charge is 0.123 e. The van der Waals surface area contributed by atoms with Gasteiger partial charge in [-0.2, -0.15) is 5.26 Å². The van der Waals surface area contributed by atoms with Gasteiger partial charge in [0.25, 0.3) is 0 Å². The van der Waals surface area contributed by atoms with Crippen molar-refractivity contribution >= 4 is 0 Å². The first kappa shape index (κ1) is 12.5. The summed E-state index contributed by atoms with van der Waals surface area (Å²) >= 11 is 0. The Hall–Kier alpha value is -1.60. The monoisotopic (exact) mass is 222 g/mol. The fourth-order valence-corrected chi connectivity index (χ4v) is 1.43. The maximum absolute atomic E-state index is 12.6. The number of halogens is 1. The van der Waals surface area contributed by atoms with Crippen molar-refractivity contribution < 1.29 is 9.13 Å². The summed E-state index contributed by atoms with van der Waals surface area (Å²) in [7, 11) is 0. The van der Waals surface area contributed by atoms with Crippen LogP contribution >= 0.6 is 0 Å². The van der Waals surface area contributed by atoms with Crippen molar-refractivity contribution in [2.75, 3.05) is 0 Å². The fraction of sp³-hybridized carbons (Fsp3) is 0.417. The third-order valence-electron chi connectivity index (χ3n) is 2.12. The van der Waals surface area contributed by atoms with Crippen LogP contribution in [0.25, 0.3) is 0 Å². The van der Waals surface area contributed by atoms with E-state index in [9.17, 15) is 4.39 Å². The largest absolute Gasteiger partial charge is 0.491 e. The molecule has 1 rings (SSSR count). The highest BCUT2D eigenvalue weighted by atomic mass is 19.1. The zero-order valence-electron chi connectivity index (χ0n) is 9.40. The van der Waals surface area contributed by atoms with Crippen molar-refractivity contribution in [1.82, 2.24) is 0 Å². The molecule has 0 fully saturated rings. The quantitative estimate of drug-likeness (QED) is 0.849. The molecule has 0 heterocycles. The fourth-order valence-electron chi connectivity index (χ4n) is 1.43. The number of nitrogens with zero attached hydrogens (tertiary/aromatic N) is 1. The molecule has 1 aromatic rings. The number of ether oxygens (including phenoxy) is 1. The number of nitrogens with two attached hydrogens (primary N) is 1. The average molecular weight is 222 g/mol. The Morgan fingerprint density at radius 1 is 1.50 bits per heavy atom. The summed E-state index contributed by atoms with van der Waals surface area (Å²) in [6, 6.07) is 7.75. The van der Waals surface area contributed by atoms with Crippen molar-refractivity contribution in [2.24, 2.45) is 5.73 Å². The number of nitriles is 1. The minimum Gasteiger partial charge on any atom is -0.491 e. The lowest BCUT2D eigenvalue weighted by atomic mass is 9.98. The molecule has 0 aliphatic heterocycles. The van der Waals surface area contributed by atoms with Crippen LogP contribution in [0.2, 0.25) is 0 Å². The third-order valence-corrected chi connectivity index (χ3v) is 2.12. The highest BCUT2D eigenvalue weighted by Crippen LogP contribution is 2.17. The predicted molar refractivity (Wildman–Crippen MR) is 59.3 cm³/mol. The van der Waals surface area contributed by atoms with E-state index in [0.29, 0.717) is 12.2 Å². The van der Waals surface area contributed by atoms with Gasteiger partial charge in [0.2, 0.25) is 0 Å². The number of rotatable bonds is 4. The zero-order valence-corrected chi connectivity index (χ0v) is 9.40. The SMILES string of the molecule is CC(CC(C)(N)C#N)Oc1ccc(F)cc1. The minimum absolute atomic E-state index is 0.194. The maximum atomic E-state index is 12.6. The summed E-state index contributed by atoms with van der Waals surface area (Å²) in [5.41, 5.74) is 4.79. The molecule has 1 aromatic carbocycles. The van der Waals surface area contributed by atoms with Gasteiger partial charge in [-0.15, -0.1) is 0 Å². The van der Waals surface area contributed by atoms with Crippen LogP contribution in [0.15, 0.2) is 24.3 Å². The number of benzene rings is 1. The van der Waals surface area contributed by atoms with Crippen LogP contribution in [-0.4, -0.2) is 11.6 Å². The maximum Gasteiger partial charge on any atom is 0.123 e. The molecule has 0 saturated carbocycles. The lowest BCUT2D eigenvalue weighted by Gasteiger charge is -2.21. The Bertz CT molecular complexity index is 381. The van der Waals surface area contributed by atoms with Gasteiger partial charge in [0.05, 0.1) is 12.2 Å². The van der Waals surface area contributed by atoms with Crippen LogP contribution in [0.5, 0.6) is 5.75 Å². The van der Waals surface area contributed by atoms with E-state index >= 15 is 0 Å². The Balaban J connectivity index is 2.55. The van der Waals surface area contributed by atoms with E-state index in [4.69, 9.17) is 15.7 Å². The normalized spacial score (nSPS) is 15.9. The lowest BCUT2D eigenvalue weighted by Crippen LogP contribution is -2.38. The van der Waals surface area contributed by atoms with Gasteiger partial charge in [0.1, 0.15) is 17.1 Å². The van der Waals surface area contributed by atoms with Gasteiger partial charge in [-0.05, 0) is 38.1 Å². The minimum atomic E-state index is -0.903. The summed E-state index contributed by atoms with van der Waals surface area (Å²) in [4.78, 5) is 0. The van der Waals surface area contributed by atoms with Gasteiger partial charge in [-0.1, -0.05) is 0 Å². The predicted octanol–water partition coefficient (Wildman–Crippen LogP) is 2.22. The van der Waals surface area contributed by atoms with Gasteiger partial charge >= 0.3 is 0 Å². The molecule has 0 aliphatic carbocycles. The summed E-state index contributed by atoms with van der Waals surface area (Å²) in [6.45, 7) is 3.48. The van der Waals surface area contributed by atoms with E-state index in [1.807, 2.05) is 13.0 Å². The molecule has 2 N–H and O–H groups in total. The Morgan fingerprint density at radius 2 is 2.06 bits per heavy atom. The molecule has 4 heteroatoms. The Morgan fingerprint density at radius 3 is 2.56 bits per heavy atom. The highest BCUT2D eigenvalue weighted by Gasteiger charge is 2.21. The summed E-state index contributed by atoms with van der Waals surface area (Å²) < 4.78 is 18.1. The summed E-state index contributed by atoms with van der Waals surface area (Å²) in [6.07, 6.45) is 0.223. The van der Waals surface area contributed by atoms with E-state index in [2.05, 4.69) is 0 Å². The van der Waals surface area contributed by atoms with Crippen LogP contribution < -0.4 is 10.5 Å². The topological polar surface area (TPSA) is 59.0 Å². The van der Waals surface area contributed by atoms with Crippen LogP contribution in [0.4, 0.5) is 4.39 Å². The third kappa shape index (κ3) is 3.87. The van der Waals surface area contributed by atoms with Crippen molar-refractivity contribution in [3.8, 4) is 11.8 Å². The molecule has 2 unspecified atom stereocenters. The van der Waals surface area contributed by atoms with Crippen molar-refractivity contribution in [1.29, 1.82) is 5.26 Å². The number of hydrogen-bond donors (Lipinski definition) is 1. The Kier molecular flexibility index (Phi) is 3.86. The zero-order chi connectivity index (χ0) is 12.2. The molecule has 0 aliphatic rings. The molecule has 0 saturated heterocycles. The molecule has 0 aromatic heterocycles. The molecule has 86 valence electrons. The van der Waals surface area contributed by atoms with Crippen LogP contribution in [0.1, 0.15) is 20.3 Å². The molecular weight excluding hydrogens is 207 g/mol. The van der Waals surface area contributed by atoms with Crippen molar-refractivity contribution in [3.63, 3.8) is 0 Å². The molecule has 0 radical (unpaired) electrons. The van der Waals surface area contributed by atoms with Gasteiger partial charge < -0.3 is 10.5 Å². The first-order chi connectivity index (χ1) is 7.43. The molecule has 3 nitrogen and oxygen atoms in total. The van der Waals surface area contributed by atoms with Crippen LogP contribution in [-0.2, 0) is 0 Å². The molecule has 16 heavy (non-hydrogen) atoms. The molecule has 0 amide bonds. The van der Waals surface area contributed by atoms with Gasteiger partial charge in [0.15, 0.2) is 0 Å². The second kappa shape index (κ2) is 4.95. The Labute approximate surface area is 94.6 Å². The second-order valence-electron chi connectivity index (χ2n) is 4.12. The molecule has 2 atom stereocenters. The standard InChI is InChI=1S/C12H15FN2O/c1-9(7-12(2,15)8-14)16-11-5-3-10(13)4-6-11/h3-6,9H,7,15H2,1-2H3. The van der Waals surface area contributed by atoms with Crippen molar-refractivity contribution in [2.45, 2.75) is 31.9 Å². The first-order valence-corrected chi connectivity index (χ1v) is 5.05. The van der Waals surface area contributed by atoms with E-state index in [-0.39, 0.29) is 11.9 Å². The van der Waals surface area contributed by atoms with E-state index in [0.717, 1.165) is 0 Å². The van der Waals surface area contributed by atoms with E-state index < -0.39 is 5.54 Å².